The molecule has 2 unspecified atom stereocenters. The minimum Gasteiger partial charge on any atom is -0.466 e. The van der Waals surface area contributed by atoms with Crippen molar-refractivity contribution in [2.24, 2.45) is 11.8 Å². The summed E-state index contributed by atoms with van der Waals surface area (Å²) in [5.41, 5.74) is 0.782. The molecule has 96 valence electrons. The van der Waals surface area contributed by atoms with Crippen LogP contribution in [0.5, 0.6) is 0 Å². The number of ketones is 1. The summed E-state index contributed by atoms with van der Waals surface area (Å²) >= 11 is 0. The topological polar surface area (TPSA) is 52.6 Å². The molecule has 0 saturated heterocycles. The fourth-order valence-electron chi connectivity index (χ4n) is 2.19. The van der Waals surface area contributed by atoms with Gasteiger partial charge in [0.15, 0.2) is 5.78 Å². The van der Waals surface area contributed by atoms with Gasteiger partial charge in [0, 0.05) is 18.9 Å². The number of esters is 1. The normalized spacial score (nSPS) is 24.4. The summed E-state index contributed by atoms with van der Waals surface area (Å²) in [6, 6.07) is 0. The van der Waals surface area contributed by atoms with Gasteiger partial charge < -0.3 is 9.47 Å². The van der Waals surface area contributed by atoms with Gasteiger partial charge in [0.25, 0.3) is 0 Å². The second-order valence-corrected chi connectivity index (χ2v) is 4.21. The van der Waals surface area contributed by atoms with E-state index >= 15 is 0 Å². The molecule has 1 rings (SSSR count). The van der Waals surface area contributed by atoms with Crippen molar-refractivity contribution < 1.29 is 19.1 Å². The zero-order valence-electron chi connectivity index (χ0n) is 10.7. The van der Waals surface area contributed by atoms with Crippen molar-refractivity contribution >= 4 is 11.8 Å². The van der Waals surface area contributed by atoms with Gasteiger partial charge >= 0.3 is 5.97 Å². The van der Waals surface area contributed by atoms with Crippen molar-refractivity contribution in [1.82, 2.24) is 0 Å². The summed E-state index contributed by atoms with van der Waals surface area (Å²) in [6.07, 6.45) is 1.91. The minimum absolute atomic E-state index is 0.0627. The Labute approximate surface area is 102 Å². The molecule has 0 saturated carbocycles. The van der Waals surface area contributed by atoms with E-state index in [4.69, 9.17) is 9.47 Å². The van der Waals surface area contributed by atoms with Gasteiger partial charge in [-0.2, -0.15) is 0 Å². The van der Waals surface area contributed by atoms with Crippen LogP contribution < -0.4 is 0 Å². The first-order valence-electron chi connectivity index (χ1n) is 6.05. The van der Waals surface area contributed by atoms with Gasteiger partial charge in [-0.05, 0) is 26.8 Å². The molecule has 0 amide bonds. The molecule has 0 aromatic carbocycles. The lowest BCUT2D eigenvalue weighted by molar-refractivity contribution is -0.149. The average Bonchev–Trinajstić information content (AvgIpc) is 2.25. The zero-order valence-corrected chi connectivity index (χ0v) is 10.7. The van der Waals surface area contributed by atoms with Crippen molar-refractivity contribution in [2.45, 2.75) is 27.2 Å². The molecule has 4 heteroatoms. The Kier molecular flexibility index (Phi) is 5.35. The summed E-state index contributed by atoms with van der Waals surface area (Å²) in [5.74, 6) is -0.614. The first-order chi connectivity index (χ1) is 8.10. The molecule has 0 N–H and O–H groups in total. The van der Waals surface area contributed by atoms with Crippen LogP contribution in [0.2, 0.25) is 0 Å². The van der Waals surface area contributed by atoms with Crippen LogP contribution in [0.15, 0.2) is 11.6 Å². The predicted molar refractivity (Wildman–Crippen MR) is 63.5 cm³/mol. The number of ether oxygens (including phenoxy) is 2. The molecule has 1 aliphatic carbocycles. The maximum Gasteiger partial charge on any atom is 0.313 e. The van der Waals surface area contributed by atoms with Gasteiger partial charge in [-0.15, -0.1) is 0 Å². The Balaban J connectivity index is 2.81. The van der Waals surface area contributed by atoms with Gasteiger partial charge in [-0.25, -0.2) is 0 Å². The zero-order chi connectivity index (χ0) is 12.8. The third kappa shape index (κ3) is 3.66. The van der Waals surface area contributed by atoms with Crippen molar-refractivity contribution in [1.29, 1.82) is 0 Å². The monoisotopic (exact) mass is 240 g/mol. The van der Waals surface area contributed by atoms with Crippen LogP contribution in [-0.4, -0.2) is 31.6 Å². The predicted octanol–water partition coefficient (Wildman–Crippen LogP) is 1.74. The summed E-state index contributed by atoms with van der Waals surface area (Å²) in [4.78, 5) is 23.3. The van der Waals surface area contributed by atoms with Crippen LogP contribution >= 0.6 is 0 Å². The van der Waals surface area contributed by atoms with E-state index in [-0.39, 0.29) is 23.6 Å². The van der Waals surface area contributed by atoms with Gasteiger partial charge in [-0.3, -0.25) is 9.59 Å². The molecule has 0 aromatic heterocycles. The van der Waals surface area contributed by atoms with Crippen LogP contribution in [-0.2, 0) is 19.1 Å². The van der Waals surface area contributed by atoms with Crippen molar-refractivity contribution in [2.75, 3.05) is 19.8 Å². The highest BCUT2D eigenvalue weighted by Crippen LogP contribution is 2.30. The highest BCUT2D eigenvalue weighted by Gasteiger charge is 2.35. The largest absolute Gasteiger partial charge is 0.466 e. The molecule has 0 radical (unpaired) electrons. The lowest BCUT2D eigenvalue weighted by Crippen LogP contribution is -2.34. The van der Waals surface area contributed by atoms with E-state index in [1.807, 2.05) is 6.92 Å². The Morgan fingerprint density at radius 3 is 2.71 bits per heavy atom. The molecule has 2 atom stereocenters. The lowest BCUT2D eigenvalue weighted by Gasteiger charge is -2.28. The third-order valence-electron chi connectivity index (χ3n) is 2.89. The molecule has 0 bridgehead atoms. The summed E-state index contributed by atoms with van der Waals surface area (Å²) < 4.78 is 10.4. The SMILES string of the molecule is CCOCC1CC(=O)C=C(C)C1C(=O)OCC. The molecule has 0 aromatic rings. The van der Waals surface area contributed by atoms with E-state index in [2.05, 4.69) is 0 Å². The molecule has 0 heterocycles. The number of hydrogen-bond acceptors (Lipinski definition) is 4. The highest BCUT2D eigenvalue weighted by molar-refractivity contribution is 5.94. The van der Waals surface area contributed by atoms with Gasteiger partial charge in [-0.1, -0.05) is 5.57 Å². The van der Waals surface area contributed by atoms with Gasteiger partial charge in [0.1, 0.15) is 0 Å². The Hall–Kier alpha value is -1.16. The van der Waals surface area contributed by atoms with Crippen LogP contribution in [0.4, 0.5) is 0 Å². The molecule has 0 fully saturated rings. The van der Waals surface area contributed by atoms with Crippen LogP contribution in [0, 0.1) is 11.8 Å². The Bertz CT molecular complexity index is 319. The van der Waals surface area contributed by atoms with Crippen molar-refractivity contribution in [3.8, 4) is 0 Å². The standard InChI is InChI=1S/C13H20O4/c1-4-16-8-10-7-11(14)6-9(3)12(10)13(15)17-5-2/h6,10,12H,4-5,7-8H2,1-3H3. The first-order valence-corrected chi connectivity index (χ1v) is 6.05. The van der Waals surface area contributed by atoms with Crippen molar-refractivity contribution in [3.05, 3.63) is 11.6 Å². The Morgan fingerprint density at radius 2 is 2.12 bits per heavy atom. The summed E-state index contributed by atoms with van der Waals surface area (Å²) in [5, 5.41) is 0. The molecule has 0 spiro atoms. The summed E-state index contributed by atoms with van der Waals surface area (Å²) in [7, 11) is 0. The molecular weight excluding hydrogens is 220 g/mol. The van der Waals surface area contributed by atoms with E-state index in [1.165, 1.54) is 0 Å². The van der Waals surface area contributed by atoms with Gasteiger partial charge in [0.05, 0.1) is 19.1 Å². The molecule has 1 aliphatic rings. The molecular formula is C13H20O4. The third-order valence-corrected chi connectivity index (χ3v) is 2.89. The van der Waals surface area contributed by atoms with Crippen LogP contribution in [0.3, 0.4) is 0 Å². The minimum atomic E-state index is -0.334. The van der Waals surface area contributed by atoms with Crippen LogP contribution in [0.25, 0.3) is 0 Å². The van der Waals surface area contributed by atoms with Crippen molar-refractivity contribution in [3.63, 3.8) is 0 Å². The Morgan fingerprint density at radius 1 is 1.41 bits per heavy atom. The number of rotatable bonds is 5. The first kappa shape index (κ1) is 13.9. The van der Waals surface area contributed by atoms with Crippen LogP contribution in [0.1, 0.15) is 27.2 Å². The highest BCUT2D eigenvalue weighted by atomic mass is 16.5. The number of hydrogen-bond donors (Lipinski definition) is 0. The number of allylic oxidation sites excluding steroid dienone is 1. The maximum absolute atomic E-state index is 11.9. The van der Waals surface area contributed by atoms with E-state index in [0.717, 1.165) is 5.57 Å². The maximum atomic E-state index is 11.9. The summed E-state index contributed by atoms with van der Waals surface area (Å²) in [6.45, 7) is 6.85. The number of carbonyl (C=O) groups excluding carboxylic acids is 2. The van der Waals surface area contributed by atoms with Gasteiger partial charge in [0.2, 0.25) is 0 Å². The molecule has 4 nitrogen and oxygen atoms in total. The quantitative estimate of drug-likeness (QED) is 0.687. The number of carbonyl (C=O) groups is 2. The van der Waals surface area contributed by atoms with E-state index < -0.39 is 0 Å². The smallest absolute Gasteiger partial charge is 0.313 e. The molecule has 0 aliphatic heterocycles. The lowest BCUT2D eigenvalue weighted by atomic mass is 9.79. The average molecular weight is 240 g/mol. The van der Waals surface area contributed by atoms with E-state index in [0.29, 0.717) is 26.2 Å². The molecule has 17 heavy (non-hydrogen) atoms. The van der Waals surface area contributed by atoms with E-state index in [1.54, 1.807) is 19.9 Å². The fourth-order valence-corrected chi connectivity index (χ4v) is 2.19. The second-order valence-electron chi connectivity index (χ2n) is 4.21. The second kappa shape index (κ2) is 6.55. The fraction of sp³-hybridized carbons (Fsp3) is 0.692. The van der Waals surface area contributed by atoms with E-state index in [9.17, 15) is 9.59 Å².